The minimum Gasteiger partial charge on any atom is -0.395 e. The Balaban J connectivity index is 2.16. The van der Waals surface area contributed by atoms with E-state index >= 15 is 0 Å². The van der Waals surface area contributed by atoms with Crippen molar-refractivity contribution in [2.75, 3.05) is 13.7 Å². The Labute approximate surface area is 131 Å². The van der Waals surface area contributed by atoms with Crippen LogP contribution in [0, 0.1) is 0 Å². The lowest BCUT2D eigenvalue weighted by Crippen LogP contribution is -2.48. The number of fused-ring (bicyclic) bond motifs is 1. The van der Waals surface area contributed by atoms with E-state index in [0.29, 0.717) is 6.42 Å². The number of aromatic amines is 1. The average molecular weight is 325 g/mol. The molecule has 0 unspecified atom stereocenters. The smallest absolute Gasteiger partial charge is 0.279 e. The molecule has 2 rings (SSSR count). The fraction of sp³-hybridized carbons (Fsp3) is 0.467. The fourth-order valence-electron chi connectivity index (χ4n) is 2.28. The van der Waals surface area contributed by atoms with Gasteiger partial charge in [-0.3, -0.25) is 0 Å². The van der Waals surface area contributed by atoms with Crippen LogP contribution in [-0.4, -0.2) is 48.6 Å². The third-order valence-electron chi connectivity index (χ3n) is 3.78. The van der Waals surface area contributed by atoms with Gasteiger partial charge in [0.1, 0.15) is 0 Å². The molecule has 122 valence electrons. The van der Waals surface area contributed by atoms with Crippen LogP contribution in [0.25, 0.3) is 10.9 Å². The zero-order valence-electron chi connectivity index (χ0n) is 13.1. The number of hydrogen-bond acceptors (Lipinski definition) is 3. The number of benzene rings is 1. The van der Waals surface area contributed by atoms with Crippen molar-refractivity contribution in [1.29, 1.82) is 0 Å². The summed E-state index contributed by atoms with van der Waals surface area (Å²) in [5, 5.41) is 10.6. The first-order valence-corrected chi connectivity index (χ1v) is 8.70. The third-order valence-corrected chi connectivity index (χ3v) is 5.59. The molecule has 7 heteroatoms. The van der Waals surface area contributed by atoms with Gasteiger partial charge < -0.3 is 10.1 Å². The van der Waals surface area contributed by atoms with Crippen LogP contribution in [0.1, 0.15) is 19.4 Å². The molecule has 0 aliphatic carbocycles. The lowest BCUT2D eigenvalue weighted by Gasteiger charge is -2.24. The number of para-hydroxylation sites is 1. The van der Waals surface area contributed by atoms with Crippen LogP contribution in [0.2, 0.25) is 0 Å². The standard InChI is InChI=1S/C15H23N3O3S/c1-11(2)18(3)22(20,21)17-13(10-19)8-12-9-16-15-7-5-4-6-14(12)15/h4-7,9,11,13,16-17,19H,8,10H2,1-3H3/t13-/m0/s1. The molecule has 22 heavy (non-hydrogen) atoms. The lowest BCUT2D eigenvalue weighted by atomic mass is 10.1. The van der Waals surface area contributed by atoms with Gasteiger partial charge in [-0.15, -0.1) is 0 Å². The van der Waals surface area contributed by atoms with E-state index < -0.39 is 16.3 Å². The molecule has 0 amide bonds. The highest BCUT2D eigenvalue weighted by Gasteiger charge is 2.24. The monoisotopic (exact) mass is 325 g/mol. The molecule has 0 spiro atoms. The van der Waals surface area contributed by atoms with E-state index in [-0.39, 0.29) is 12.6 Å². The average Bonchev–Trinajstić information content (AvgIpc) is 2.88. The van der Waals surface area contributed by atoms with Crippen LogP contribution in [0.4, 0.5) is 0 Å². The summed E-state index contributed by atoms with van der Waals surface area (Å²) < 4.78 is 28.3. The molecule has 1 atom stereocenters. The van der Waals surface area contributed by atoms with Gasteiger partial charge in [0.05, 0.1) is 12.6 Å². The summed E-state index contributed by atoms with van der Waals surface area (Å²) in [7, 11) is -2.09. The van der Waals surface area contributed by atoms with Crippen LogP contribution < -0.4 is 4.72 Å². The Morgan fingerprint density at radius 1 is 1.32 bits per heavy atom. The van der Waals surface area contributed by atoms with Crippen LogP contribution in [-0.2, 0) is 16.6 Å². The molecule has 1 aromatic heterocycles. The first-order chi connectivity index (χ1) is 10.3. The second-order valence-corrected chi connectivity index (χ2v) is 7.44. The molecule has 3 N–H and O–H groups in total. The Bertz CT molecular complexity index is 724. The van der Waals surface area contributed by atoms with E-state index in [1.807, 2.05) is 30.5 Å². The molecule has 0 saturated carbocycles. The van der Waals surface area contributed by atoms with Crippen molar-refractivity contribution in [2.45, 2.75) is 32.4 Å². The number of aromatic nitrogens is 1. The molecule has 0 aliphatic rings. The van der Waals surface area contributed by atoms with Crippen LogP contribution in [0.5, 0.6) is 0 Å². The Hall–Kier alpha value is -1.41. The maximum Gasteiger partial charge on any atom is 0.279 e. The predicted molar refractivity (Wildman–Crippen MR) is 87.8 cm³/mol. The van der Waals surface area contributed by atoms with Crippen LogP contribution in [0.3, 0.4) is 0 Å². The first-order valence-electron chi connectivity index (χ1n) is 7.26. The normalized spacial score (nSPS) is 14.1. The molecule has 2 aromatic rings. The number of nitrogens with one attached hydrogen (secondary N) is 2. The van der Waals surface area contributed by atoms with Crippen molar-refractivity contribution in [3.05, 3.63) is 36.0 Å². The molecule has 0 bridgehead atoms. The quantitative estimate of drug-likeness (QED) is 0.716. The molecule has 1 heterocycles. The fourth-order valence-corrected chi connectivity index (χ4v) is 3.58. The molecule has 0 fully saturated rings. The van der Waals surface area contributed by atoms with Crippen LogP contribution in [0.15, 0.2) is 30.5 Å². The van der Waals surface area contributed by atoms with E-state index in [4.69, 9.17) is 0 Å². The molecule has 0 radical (unpaired) electrons. The third kappa shape index (κ3) is 3.67. The summed E-state index contributed by atoms with van der Waals surface area (Å²) in [6.45, 7) is 3.34. The van der Waals surface area contributed by atoms with Gasteiger partial charge in [0.2, 0.25) is 0 Å². The van der Waals surface area contributed by atoms with Gasteiger partial charge in [0, 0.05) is 30.2 Å². The summed E-state index contributed by atoms with van der Waals surface area (Å²) in [5.41, 5.74) is 1.97. The zero-order chi connectivity index (χ0) is 16.3. The van der Waals surface area contributed by atoms with E-state index in [2.05, 4.69) is 9.71 Å². The van der Waals surface area contributed by atoms with Gasteiger partial charge in [0.25, 0.3) is 10.2 Å². The molecule has 1 aromatic carbocycles. The van der Waals surface area contributed by atoms with Crippen molar-refractivity contribution in [1.82, 2.24) is 14.0 Å². The molecule has 6 nitrogen and oxygen atoms in total. The highest BCUT2D eigenvalue weighted by molar-refractivity contribution is 7.87. The van der Waals surface area contributed by atoms with Crippen molar-refractivity contribution < 1.29 is 13.5 Å². The van der Waals surface area contributed by atoms with Gasteiger partial charge in [0.15, 0.2) is 0 Å². The summed E-state index contributed by atoms with van der Waals surface area (Å²) in [4.78, 5) is 3.15. The van der Waals surface area contributed by atoms with Crippen molar-refractivity contribution in [2.24, 2.45) is 0 Å². The molecule has 0 aliphatic heterocycles. The Kier molecular flexibility index (Phi) is 5.23. The van der Waals surface area contributed by atoms with E-state index in [0.717, 1.165) is 16.5 Å². The molecular weight excluding hydrogens is 302 g/mol. The van der Waals surface area contributed by atoms with Gasteiger partial charge in [-0.1, -0.05) is 18.2 Å². The van der Waals surface area contributed by atoms with Crippen LogP contribution >= 0.6 is 0 Å². The van der Waals surface area contributed by atoms with E-state index in [1.54, 1.807) is 13.8 Å². The SMILES string of the molecule is CC(C)N(C)S(=O)(=O)N[C@H](CO)Cc1c[nH]c2ccccc12. The number of H-pyrrole nitrogens is 1. The van der Waals surface area contributed by atoms with Gasteiger partial charge >= 0.3 is 0 Å². The highest BCUT2D eigenvalue weighted by Crippen LogP contribution is 2.19. The lowest BCUT2D eigenvalue weighted by molar-refractivity contribution is 0.253. The number of aliphatic hydroxyl groups is 1. The summed E-state index contributed by atoms with van der Waals surface area (Å²) >= 11 is 0. The Morgan fingerprint density at radius 2 is 2.00 bits per heavy atom. The van der Waals surface area contributed by atoms with E-state index in [1.165, 1.54) is 11.4 Å². The van der Waals surface area contributed by atoms with Crippen molar-refractivity contribution in [3.63, 3.8) is 0 Å². The second-order valence-electron chi connectivity index (χ2n) is 5.68. The number of nitrogens with zero attached hydrogens (tertiary/aromatic N) is 1. The topological polar surface area (TPSA) is 85.4 Å². The first kappa shape index (κ1) is 17.0. The highest BCUT2D eigenvalue weighted by atomic mass is 32.2. The Morgan fingerprint density at radius 3 is 2.64 bits per heavy atom. The predicted octanol–water partition coefficient (Wildman–Crippen LogP) is 1.25. The molecule has 0 saturated heterocycles. The number of hydrogen-bond donors (Lipinski definition) is 3. The maximum atomic E-state index is 12.2. The largest absolute Gasteiger partial charge is 0.395 e. The van der Waals surface area contributed by atoms with Gasteiger partial charge in [-0.05, 0) is 31.9 Å². The molecular formula is C15H23N3O3S. The van der Waals surface area contributed by atoms with E-state index in [9.17, 15) is 13.5 Å². The van der Waals surface area contributed by atoms with Crippen molar-refractivity contribution in [3.8, 4) is 0 Å². The zero-order valence-corrected chi connectivity index (χ0v) is 13.9. The maximum absolute atomic E-state index is 12.2. The summed E-state index contributed by atoms with van der Waals surface area (Å²) in [6, 6.07) is 7.10. The number of rotatable bonds is 7. The summed E-state index contributed by atoms with van der Waals surface area (Å²) in [6.07, 6.45) is 2.28. The van der Waals surface area contributed by atoms with Gasteiger partial charge in [-0.25, -0.2) is 0 Å². The van der Waals surface area contributed by atoms with Gasteiger partial charge in [-0.2, -0.15) is 17.4 Å². The minimum absolute atomic E-state index is 0.148. The van der Waals surface area contributed by atoms with Crippen molar-refractivity contribution >= 4 is 21.1 Å². The number of aliphatic hydroxyl groups excluding tert-OH is 1. The minimum atomic E-state index is -3.61. The summed E-state index contributed by atoms with van der Waals surface area (Å²) in [5.74, 6) is 0. The second kappa shape index (κ2) is 6.78.